The van der Waals surface area contributed by atoms with Gasteiger partial charge in [0.05, 0.1) is 5.75 Å². The quantitative estimate of drug-likeness (QED) is 0.464. The number of anilines is 1. The molecule has 0 bridgehead atoms. The van der Waals surface area contributed by atoms with Crippen LogP contribution in [0.2, 0.25) is 0 Å². The Kier molecular flexibility index (Phi) is 5.71. The van der Waals surface area contributed by atoms with Gasteiger partial charge in [-0.2, -0.15) is 11.8 Å². The van der Waals surface area contributed by atoms with E-state index in [1.165, 1.54) is 6.42 Å². The van der Waals surface area contributed by atoms with Crippen LogP contribution >= 0.6 is 11.8 Å². The number of hydrazine groups is 1. The van der Waals surface area contributed by atoms with E-state index in [1.807, 2.05) is 18.7 Å². The van der Waals surface area contributed by atoms with E-state index < -0.39 is 0 Å². The van der Waals surface area contributed by atoms with Gasteiger partial charge in [0, 0.05) is 11.3 Å². The van der Waals surface area contributed by atoms with E-state index in [9.17, 15) is 0 Å². The fraction of sp³-hybridized carbons (Fsp3) is 0.667. The molecule has 3 N–H and O–H groups in total. The first-order chi connectivity index (χ1) is 8.10. The number of rotatable bonds is 6. The zero-order valence-corrected chi connectivity index (χ0v) is 11.9. The second kappa shape index (κ2) is 6.81. The third kappa shape index (κ3) is 3.85. The van der Waals surface area contributed by atoms with Crippen molar-refractivity contribution in [2.24, 2.45) is 5.84 Å². The Morgan fingerprint density at radius 3 is 2.59 bits per heavy atom. The number of hydrogen-bond donors (Lipinski definition) is 2. The second-order valence-corrected chi connectivity index (χ2v) is 5.44. The molecule has 0 spiro atoms. The lowest BCUT2D eigenvalue weighted by atomic mass is 10.0. The normalized spacial score (nSPS) is 10.9. The lowest BCUT2D eigenvalue weighted by molar-refractivity contribution is 0.818. The minimum Gasteiger partial charge on any atom is -0.308 e. The predicted molar refractivity (Wildman–Crippen MR) is 75.1 cm³/mol. The highest BCUT2D eigenvalue weighted by Gasteiger charge is 2.13. The van der Waals surface area contributed by atoms with Crippen LogP contribution in [-0.4, -0.2) is 15.7 Å². The first-order valence-electron chi connectivity index (χ1n) is 6.01. The van der Waals surface area contributed by atoms with E-state index >= 15 is 0 Å². The van der Waals surface area contributed by atoms with Gasteiger partial charge in [-0.05, 0) is 25.0 Å². The Bertz CT molecular complexity index is 366. The molecule has 1 aromatic heterocycles. The fourth-order valence-electron chi connectivity index (χ4n) is 1.81. The van der Waals surface area contributed by atoms with Gasteiger partial charge in [0.1, 0.15) is 11.6 Å². The van der Waals surface area contributed by atoms with Crippen molar-refractivity contribution in [3.63, 3.8) is 0 Å². The molecule has 0 radical (unpaired) electrons. The summed E-state index contributed by atoms with van der Waals surface area (Å²) in [6.07, 6.45) is 1.18. The molecule has 1 heterocycles. The summed E-state index contributed by atoms with van der Waals surface area (Å²) in [5.41, 5.74) is 4.82. The lowest BCUT2D eigenvalue weighted by Gasteiger charge is -2.15. The largest absolute Gasteiger partial charge is 0.308 e. The number of aromatic nitrogens is 2. The van der Waals surface area contributed by atoms with Gasteiger partial charge in [-0.3, -0.25) is 0 Å². The highest BCUT2D eigenvalue weighted by atomic mass is 32.2. The van der Waals surface area contributed by atoms with Gasteiger partial charge < -0.3 is 5.43 Å². The number of aryl methyl sites for hydroxylation is 1. The predicted octanol–water partition coefficient (Wildman–Crippen LogP) is 2.84. The molecule has 5 heteroatoms. The summed E-state index contributed by atoms with van der Waals surface area (Å²) < 4.78 is 0. The van der Waals surface area contributed by atoms with Crippen molar-refractivity contribution >= 4 is 17.6 Å². The Balaban J connectivity index is 2.92. The SMILES string of the molecule is CCCSCc1nc(C)c(C(C)C)c(NN)n1. The number of nitrogens with one attached hydrogen (secondary N) is 1. The molecule has 0 aliphatic carbocycles. The smallest absolute Gasteiger partial charge is 0.147 e. The van der Waals surface area contributed by atoms with E-state index in [4.69, 9.17) is 5.84 Å². The number of hydrogen-bond acceptors (Lipinski definition) is 5. The molecule has 0 saturated carbocycles. The minimum atomic E-state index is 0.374. The van der Waals surface area contributed by atoms with E-state index in [-0.39, 0.29) is 0 Å². The fourth-order valence-corrected chi connectivity index (χ4v) is 2.56. The van der Waals surface area contributed by atoms with Crippen molar-refractivity contribution in [3.05, 3.63) is 17.1 Å². The lowest BCUT2D eigenvalue weighted by Crippen LogP contribution is -2.15. The maximum atomic E-state index is 5.53. The van der Waals surface area contributed by atoms with Crippen molar-refractivity contribution in [2.75, 3.05) is 11.2 Å². The molecule has 17 heavy (non-hydrogen) atoms. The molecular formula is C12H22N4S. The van der Waals surface area contributed by atoms with Crippen molar-refractivity contribution in [2.45, 2.75) is 45.8 Å². The van der Waals surface area contributed by atoms with Gasteiger partial charge in [-0.1, -0.05) is 20.8 Å². The molecule has 4 nitrogen and oxygen atoms in total. The number of nitrogens with zero attached hydrogens (tertiary/aromatic N) is 2. The van der Waals surface area contributed by atoms with Crippen LogP contribution in [-0.2, 0) is 5.75 Å². The van der Waals surface area contributed by atoms with Gasteiger partial charge in [0.15, 0.2) is 0 Å². The topological polar surface area (TPSA) is 63.8 Å². The molecule has 0 saturated heterocycles. The van der Waals surface area contributed by atoms with Crippen LogP contribution in [0.4, 0.5) is 5.82 Å². The number of thioether (sulfide) groups is 1. The molecule has 0 aliphatic heterocycles. The van der Waals surface area contributed by atoms with Crippen molar-refractivity contribution < 1.29 is 0 Å². The average Bonchev–Trinajstić information content (AvgIpc) is 2.27. The third-order valence-electron chi connectivity index (χ3n) is 2.48. The Hall–Kier alpha value is -0.810. The van der Waals surface area contributed by atoms with Crippen LogP contribution in [0.15, 0.2) is 0 Å². The van der Waals surface area contributed by atoms with Crippen molar-refractivity contribution in [1.29, 1.82) is 0 Å². The number of nitrogen functional groups attached to an aromatic ring is 1. The standard InChI is InChI=1S/C12H22N4S/c1-5-6-17-7-10-14-9(4)11(8(2)3)12(15-10)16-13/h8H,5-7,13H2,1-4H3,(H,14,15,16). The minimum absolute atomic E-state index is 0.374. The maximum Gasteiger partial charge on any atom is 0.147 e. The monoisotopic (exact) mass is 254 g/mol. The summed E-state index contributed by atoms with van der Waals surface area (Å²) in [5, 5.41) is 0. The molecular weight excluding hydrogens is 232 g/mol. The van der Waals surface area contributed by atoms with E-state index in [0.717, 1.165) is 34.4 Å². The summed E-state index contributed by atoms with van der Waals surface area (Å²) in [7, 11) is 0. The third-order valence-corrected chi connectivity index (χ3v) is 3.64. The highest BCUT2D eigenvalue weighted by Crippen LogP contribution is 2.25. The molecule has 0 aliphatic rings. The molecule has 1 aromatic rings. The van der Waals surface area contributed by atoms with Crippen LogP contribution in [0, 0.1) is 6.92 Å². The first kappa shape index (κ1) is 14.3. The summed E-state index contributed by atoms with van der Waals surface area (Å²) in [5.74, 6) is 9.52. The Morgan fingerprint density at radius 1 is 1.35 bits per heavy atom. The van der Waals surface area contributed by atoms with Crippen LogP contribution in [0.5, 0.6) is 0 Å². The Labute approximate surface area is 108 Å². The zero-order chi connectivity index (χ0) is 12.8. The molecule has 0 atom stereocenters. The summed E-state index contributed by atoms with van der Waals surface area (Å²) in [6, 6.07) is 0. The molecule has 0 unspecified atom stereocenters. The van der Waals surface area contributed by atoms with Gasteiger partial charge in [0.25, 0.3) is 0 Å². The molecule has 96 valence electrons. The highest BCUT2D eigenvalue weighted by molar-refractivity contribution is 7.98. The van der Waals surface area contributed by atoms with Gasteiger partial charge in [-0.15, -0.1) is 0 Å². The van der Waals surface area contributed by atoms with Gasteiger partial charge in [-0.25, -0.2) is 15.8 Å². The summed E-state index contributed by atoms with van der Waals surface area (Å²) >= 11 is 1.85. The van der Waals surface area contributed by atoms with Gasteiger partial charge >= 0.3 is 0 Å². The molecule has 0 fully saturated rings. The first-order valence-corrected chi connectivity index (χ1v) is 7.17. The average molecular weight is 254 g/mol. The zero-order valence-electron chi connectivity index (χ0n) is 11.1. The maximum absolute atomic E-state index is 5.53. The van der Waals surface area contributed by atoms with Gasteiger partial charge in [0.2, 0.25) is 0 Å². The molecule has 1 rings (SSSR count). The van der Waals surface area contributed by atoms with Crippen LogP contribution < -0.4 is 11.3 Å². The Morgan fingerprint density at radius 2 is 2.06 bits per heavy atom. The van der Waals surface area contributed by atoms with E-state index in [1.54, 1.807) is 0 Å². The summed E-state index contributed by atoms with van der Waals surface area (Å²) in [6.45, 7) is 8.44. The summed E-state index contributed by atoms with van der Waals surface area (Å²) in [4.78, 5) is 9.02. The van der Waals surface area contributed by atoms with Crippen LogP contribution in [0.3, 0.4) is 0 Å². The molecule has 0 aromatic carbocycles. The van der Waals surface area contributed by atoms with E-state index in [0.29, 0.717) is 5.92 Å². The molecule has 0 amide bonds. The van der Waals surface area contributed by atoms with Crippen molar-refractivity contribution in [3.8, 4) is 0 Å². The van der Waals surface area contributed by atoms with E-state index in [2.05, 4.69) is 36.2 Å². The van der Waals surface area contributed by atoms with Crippen LogP contribution in [0.25, 0.3) is 0 Å². The second-order valence-electron chi connectivity index (χ2n) is 4.34. The number of nitrogens with two attached hydrogens (primary N) is 1. The van der Waals surface area contributed by atoms with Crippen LogP contribution in [0.1, 0.15) is 50.2 Å². The van der Waals surface area contributed by atoms with Crippen molar-refractivity contribution in [1.82, 2.24) is 9.97 Å².